The van der Waals surface area contributed by atoms with Crippen LogP contribution in [0, 0.1) is 21.3 Å². The summed E-state index contributed by atoms with van der Waals surface area (Å²) in [6.07, 6.45) is 4.76. The minimum Gasteiger partial charge on any atom is -0.504 e. The van der Waals surface area contributed by atoms with Gasteiger partial charge in [0.15, 0.2) is 11.5 Å². The summed E-state index contributed by atoms with van der Waals surface area (Å²) in [6, 6.07) is 45.4. The first-order valence-corrected chi connectivity index (χ1v) is 27.1. The van der Waals surface area contributed by atoms with E-state index in [0.29, 0.717) is 28.6 Å². The molecule has 0 saturated carbocycles. The van der Waals surface area contributed by atoms with Crippen molar-refractivity contribution in [2.45, 2.75) is 82.9 Å². The minimum atomic E-state index is -3.03. The molecule has 5 aromatic carbocycles. The lowest BCUT2D eigenvalue weighted by molar-refractivity contribution is -0.144. The molecule has 0 aromatic heterocycles. The van der Waals surface area contributed by atoms with Crippen molar-refractivity contribution in [3.8, 4) is 11.5 Å². The number of benzene rings is 5. The molecule has 3 fully saturated rings. The van der Waals surface area contributed by atoms with E-state index in [2.05, 4.69) is 139 Å². The maximum absolute atomic E-state index is 15.1. The number of carbonyl (C=O) groups is 2. The molecule has 3 heterocycles. The number of phenolic OH excluding ortho intramolecular Hbond substituents is 1. The van der Waals surface area contributed by atoms with E-state index >= 15 is 4.79 Å². The smallest absolute Gasteiger partial charge is 0.455 e. The molecule has 9 rings (SSSR count). The van der Waals surface area contributed by atoms with Gasteiger partial charge in [-0.05, 0) is 128 Å². The first kappa shape index (κ1) is 48.2. The molecule has 68 heavy (non-hydrogen) atoms. The summed E-state index contributed by atoms with van der Waals surface area (Å²) < 4.78 is 20.5. The maximum atomic E-state index is 15.1. The van der Waals surface area contributed by atoms with E-state index in [9.17, 15) is 14.9 Å². The summed E-state index contributed by atoms with van der Waals surface area (Å²) in [6.45, 7) is 9.52. The number of carbonyl (C=O) groups excluding carboxylic acids is 2. The Kier molecular flexibility index (Phi) is 14.6. The Bertz CT molecular complexity index is 2600. The summed E-state index contributed by atoms with van der Waals surface area (Å²) in [4.78, 5) is 34.1. The molecule has 0 spiro atoms. The topological polar surface area (TPSA) is 109 Å². The Morgan fingerprint density at radius 3 is 2.06 bits per heavy atom. The lowest BCUT2D eigenvalue weighted by Gasteiger charge is -2.46. The van der Waals surface area contributed by atoms with Gasteiger partial charge in [0.2, 0.25) is 11.8 Å². The lowest BCUT2D eigenvalue weighted by atomic mass is 9.58. The van der Waals surface area contributed by atoms with Gasteiger partial charge >= 0.3 is 7.12 Å². The van der Waals surface area contributed by atoms with Crippen molar-refractivity contribution >= 4 is 71.9 Å². The monoisotopic (exact) mass is 1040 g/mol. The van der Waals surface area contributed by atoms with Crippen LogP contribution >= 0.6 is 22.6 Å². The highest BCUT2D eigenvalue weighted by Gasteiger charge is 2.59. The zero-order valence-electron chi connectivity index (χ0n) is 39.5. The number of hydrogen-bond donors (Lipinski definition) is 2. The van der Waals surface area contributed by atoms with Crippen molar-refractivity contribution < 1.29 is 33.5 Å². The van der Waals surface area contributed by atoms with Gasteiger partial charge in [0, 0.05) is 25.7 Å². The van der Waals surface area contributed by atoms with E-state index in [-0.39, 0.29) is 41.6 Å². The summed E-state index contributed by atoms with van der Waals surface area (Å²) in [5, 5.41) is 24.4. The van der Waals surface area contributed by atoms with E-state index < -0.39 is 39.3 Å². The molecular weight excluding hydrogens is 978 g/mol. The van der Waals surface area contributed by atoms with E-state index in [1.807, 2.05) is 48.5 Å². The first-order valence-electron chi connectivity index (χ1n) is 24.1. The molecule has 0 bridgehead atoms. The van der Waals surface area contributed by atoms with Crippen molar-refractivity contribution in [2.75, 3.05) is 26.8 Å². The standard InChI is InChI=1S/C56H62BIN2O7Si/c1-56(2,3)68(44-21-13-7-14-22-44,45-23-15-8-16-24-45)66-37-42-34-46-52(55(63)60(54(46)62)43-27-29-59(30-28-43)36-38-17-9-5-10-18-38)47-35-57(64)67-49(51(42)47)26-25-41(40-19-11-6-12-20-40)31-39-32-48(58)53(61)50(33-39)65-4/h5-24,31-33,43,46-47,49,52,61,64H,25-30,34-37H2,1-4H3/b41-31-/t46-,47+,49-,52-/m1/s1. The first-order chi connectivity index (χ1) is 32.9. The molecule has 5 aromatic rings. The van der Waals surface area contributed by atoms with Gasteiger partial charge in [0.25, 0.3) is 8.32 Å². The van der Waals surface area contributed by atoms with E-state index in [1.54, 1.807) is 12.0 Å². The molecule has 0 unspecified atom stereocenters. The number of nitrogens with zero attached hydrogens (tertiary/aromatic N) is 2. The zero-order valence-corrected chi connectivity index (χ0v) is 42.7. The molecule has 3 aliphatic heterocycles. The second-order valence-electron chi connectivity index (χ2n) is 19.9. The van der Waals surface area contributed by atoms with Gasteiger partial charge in [0.1, 0.15) is 0 Å². The number of methoxy groups -OCH3 is 1. The van der Waals surface area contributed by atoms with Crippen LogP contribution in [0.4, 0.5) is 0 Å². The average molecular weight is 1040 g/mol. The second kappa shape index (κ2) is 20.6. The van der Waals surface area contributed by atoms with Gasteiger partial charge < -0.3 is 23.9 Å². The average Bonchev–Trinajstić information content (AvgIpc) is 3.60. The van der Waals surface area contributed by atoms with Crippen LogP contribution in [0.25, 0.3) is 11.6 Å². The molecule has 3 saturated heterocycles. The van der Waals surface area contributed by atoms with Crippen LogP contribution in [-0.4, -0.2) is 86.1 Å². The third-order valence-corrected chi connectivity index (χ3v) is 20.6. The molecule has 4 atom stereocenters. The number of ether oxygens (including phenoxy) is 1. The highest BCUT2D eigenvalue weighted by molar-refractivity contribution is 14.1. The van der Waals surface area contributed by atoms with Gasteiger partial charge in [-0.25, -0.2) is 0 Å². The summed E-state index contributed by atoms with van der Waals surface area (Å²) in [7, 11) is -2.60. The molecule has 4 aliphatic rings. The van der Waals surface area contributed by atoms with Crippen molar-refractivity contribution in [1.29, 1.82) is 0 Å². The van der Waals surface area contributed by atoms with Crippen LogP contribution in [-0.2, 0) is 25.2 Å². The fourth-order valence-corrected chi connectivity index (χ4v) is 16.9. The molecule has 12 heteroatoms. The number of amides is 2. The molecule has 2 N–H and O–H groups in total. The third-order valence-electron chi connectivity index (χ3n) is 14.8. The highest BCUT2D eigenvalue weighted by atomic mass is 127. The van der Waals surface area contributed by atoms with Crippen LogP contribution in [0.15, 0.2) is 145 Å². The number of aromatic hydroxyl groups is 1. The molecule has 1 aliphatic carbocycles. The predicted molar refractivity (Wildman–Crippen MR) is 281 cm³/mol. The number of likely N-dealkylation sites (tertiary alicyclic amines) is 2. The molecule has 9 nitrogen and oxygen atoms in total. The SMILES string of the molecule is COc1cc(/C=C(/CC[C@H]2OB(O)C[C@H]3C2=C(CO[Si](c2ccccc2)(c2ccccc2)C(C)(C)C)C[C@H]2C(=O)N(C4CCN(Cc5ccccc5)CC4)C(=O)[C@H]23)c2ccccc2)cc(I)c1O. The number of fused-ring (bicyclic) bond motifs is 3. The Balaban J connectivity index is 1.09. The molecule has 352 valence electrons. The Labute approximate surface area is 416 Å². The number of allylic oxidation sites excluding steroid dienone is 1. The Morgan fingerprint density at radius 1 is 0.853 bits per heavy atom. The van der Waals surface area contributed by atoms with Crippen molar-refractivity contribution in [2.24, 2.45) is 17.8 Å². The van der Waals surface area contributed by atoms with Crippen LogP contribution in [0.5, 0.6) is 11.5 Å². The van der Waals surface area contributed by atoms with Crippen molar-refractivity contribution in [3.05, 3.63) is 165 Å². The van der Waals surface area contributed by atoms with Gasteiger partial charge in [-0.3, -0.25) is 19.4 Å². The number of piperidine rings is 1. The Morgan fingerprint density at radius 2 is 1.46 bits per heavy atom. The maximum Gasteiger partial charge on any atom is 0.455 e. The second-order valence-corrected chi connectivity index (χ2v) is 25.4. The summed E-state index contributed by atoms with van der Waals surface area (Å²) in [5.41, 5.74) is 6.23. The summed E-state index contributed by atoms with van der Waals surface area (Å²) in [5.74, 6) is -1.23. The van der Waals surface area contributed by atoms with Crippen LogP contribution < -0.4 is 15.1 Å². The number of hydrogen-bond acceptors (Lipinski definition) is 8. The normalized spacial score (nSPS) is 21.8. The van der Waals surface area contributed by atoms with Crippen LogP contribution in [0.3, 0.4) is 0 Å². The van der Waals surface area contributed by atoms with Crippen molar-refractivity contribution in [3.63, 3.8) is 0 Å². The summed E-state index contributed by atoms with van der Waals surface area (Å²) >= 11 is 2.12. The van der Waals surface area contributed by atoms with Gasteiger partial charge in [0.05, 0.1) is 35.2 Å². The molecule has 2 amide bonds. The van der Waals surface area contributed by atoms with E-state index in [0.717, 1.165) is 70.7 Å². The van der Waals surface area contributed by atoms with Crippen molar-refractivity contribution in [1.82, 2.24) is 9.80 Å². The van der Waals surface area contributed by atoms with Crippen LogP contribution in [0.1, 0.15) is 69.6 Å². The van der Waals surface area contributed by atoms with Gasteiger partial charge in [-0.2, -0.15) is 0 Å². The van der Waals surface area contributed by atoms with E-state index in [1.165, 1.54) is 5.56 Å². The van der Waals surface area contributed by atoms with E-state index in [4.69, 9.17) is 13.8 Å². The number of rotatable bonds is 14. The largest absolute Gasteiger partial charge is 0.504 e. The van der Waals surface area contributed by atoms with Gasteiger partial charge in [-0.15, -0.1) is 0 Å². The molecular formula is C56H62BIN2O7Si. The predicted octanol–water partition coefficient (Wildman–Crippen LogP) is 9.36. The zero-order chi connectivity index (χ0) is 47.6. The quantitative estimate of drug-likeness (QED) is 0.0373. The number of phenols is 1. The fraction of sp³-hybridized carbons (Fsp3) is 0.357. The van der Waals surface area contributed by atoms with Gasteiger partial charge in [-0.1, -0.05) is 148 Å². The number of imide groups is 1. The van der Waals surface area contributed by atoms with Crippen LogP contribution in [0.2, 0.25) is 11.4 Å². The third kappa shape index (κ3) is 9.69. The minimum absolute atomic E-state index is 0.0886. The molecule has 0 radical (unpaired) electrons. The Hall–Kier alpha value is -4.83. The highest BCUT2D eigenvalue weighted by Crippen LogP contribution is 2.52. The fourth-order valence-electron chi connectivity index (χ4n) is 11.7. The number of halogens is 1. The lowest BCUT2D eigenvalue weighted by Crippen LogP contribution is -2.66.